The molecule has 0 amide bonds. The molecular weight excluding hydrogens is 377 g/mol. The van der Waals surface area contributed by atoms with Crippen molar-refractivity contribution in [1.82, 2.24) is 9.97 Å². The number of nitrogens with zero attached hydrogens (tertiary/aromatic N) is 2. The second-order valence-corrected chi connectivity index (χ2v) is 6.21. The molecule has 3 rings (SSSR count). The Bertz CT molecular complexity index is 656. The first kappa shape index (κ1) is 14.6. The van der Waals surface area contributed by atoms with E-state index in [1.807, 2.05) is 24.3 Å². The van der Waals surface area contributed by atoms with Gasteiger partial charge in [-0.3, -0.25) is 0 Å². The zero-order valence-electron chi connectivity index (χ0n) is 12.2. The lowest BCUT2D eigenvalue weighted by Gasteiger charge is -2.12. The molecule has 1 aliphatic carbocycles. The molecule has 4 nitrogen and oxygen atoms in total. The first-order chi connectivity index (χ1) is 10.2. The Morgan fingerprint density at radius 1 is 1.33 bits per heavy atom. The maximum Gasteiger partial charge on any atom is 0.161 e. The summed E-state index contributed by atoms with van der Waals surface area (Å²) in [7, 11) is 1.67. The third-order valence-electron chi connectivity index (χ3n) is 3.51. The van der Waals surface area contributed by atoms with Crippen LogP contribution in [0.25, 0.3) is 11.4 Å². The maximum absolute atomic E-state index is 5.30. The standard InChI is InChI=1S/C16H18IN3O/c1-3-18-16-13(17)14(10-7-8-10)19-15(20-16)11-5-4-6-12(9-11)21-2/h4-6,9-10H,3,7-8H2,1-2H3,(H,18,19,20). The molecule has 1 heterocycles. The predicted octanol–water partition coefficient (Wildman–Crippen LogP) is 4.07. The van der Waals surface area contributed by atoms with Gasteiger partial charge in [0, 0.05) is 18.0 Å². The summed E-state index contributed by atoms with van der Waals surface area (Å²) in [5.74, 6) is 3.13. The molecule has 0 spiro atoms. The average molecular weight is 395 g/mol. The van der Waals surface area contributed by atoms with Crippen LogP contribution in [-0.4, -0.2) is 23.6 Å². The van der Waals surface area contributed by atoms with E-state index in [1.54, 1.807) is 7.11 Å². The van der Waals surface area contributed by atoms with Crippen molar-refractivity contribution in [1.29, 1.82) is 0 Å². The summed E-state index contributed by atoms with van der Waals surface area (Å²) in [5, 5.41) is 3.35. The van der Waals surface area contributed by atoms with Gasteiger partial charge in [0.2, 0.25) is 0 Å². The average Bonchev–Trinajstić information content (AvgIpc) is 3.34. The Kier molecular flexibility index (Phi) is 4.28. The second kappa shape index (κ2) is 6.17. The van der Waals surface area contributed by atoms with Crippen LogP contribution in [0.15, 0.2) is 24.3 Å². The molecule has 1 fully saturated rings. The van der Waals surface area contributed by atoms with Crippen LogP contribution in [0.5, 0.6) is 5.75 Å². The molecule has 1 aromatic carbocycles. The predicted molar refractivity (Wildman–Crippen MR) is 92.9 cm³/mol. The summed E-state index contributed by atoms with van der Waals surface area (Å²) in [6.07, 6.45) is 2.46. The van der Waals surface area contributed by atoms with E-state index in [0.29, 0.717) is 5.92 Å². The molecule has 21 heavy (non-hydrogen) atoms. The topological polar surface area (TPSA) is 47.0 Å². The minimum absolute atomic E-state index is 0.599. The van der Waals surface area contributed by atoms with Gasteiger partial charge in [0.15, 0.2) is 5.82 Å². The van der Waals surface area contributed by atoms with E-state index in [-0.39, 0.29) is 0 Å². The van der Waals surface area contributed by atoms with Gasteiger partial charge in [-0.1, -0.05) is 12.1 Å². The molecule has 1 N–H and O–H groups in total. The van der Waals surface area contributed by atoms with Crippen LogP contribution >= 0.6 is 22.6 Å². The highest BCUT2D eigenvalue weighted by Gasteiger charge is 2.29. The summed E-state index contributed by atoms with van der Waals surface area (Å²) < 4.78 is 6.45. The summed E-state index contributed by atoms with van der Waals surface area (Å²) in [6.45, 7) is 2.94. The molecule has 1 aliphatic rings. The highest BCUT2D eigenvalue weighted by molar-refractivity contribution is 14.1. The number of halogens is 1. The van der Waals surface area contributed by atoms with Crippen molar-refractivity contribution < 1.29 is 4.74 Å². The van der Waals surface area contributed by atoms with Gasteiger partial charge in [0.1, 0.15) is 11.6 Å². The lowest BCUT2D eigenvalue weighted by Crippen LogP contribution is -2.07. The van der Waals surface area contributed by atoms with Gasteiger partial charge in [0.25, 0.3) is 0 Å². The first-order valence-corrected chi connectivity index (χ1v) is 8.26. The fourth-order valence-electron chi connectivity index (χ4n) is 2.27. The van der Waals surface area contributed by atoms with Crippen molar-refractivity contribution in [3.8, 4) is 17.1 Å². The quantitative estimate of drug-likeness (QED) is 0.776. The van der Waals surface area contributed by atoms with Crippen molar-refractivity contribution in [3.63, 3.8) is 0 Å². The molecule has 0 bridgehead atoms. The summed E-state index contributed by atoms with van der Waals surface area (Å²) in [5.41, 5.74) is 2.17. The smallest absolute Gasteiger partial charge is 0.161 e. The Labute approximate surface area is 138 Å². The number of methoxy groups -OCH3 is 1. The highest BCUT2D eigenvalue weighted by atomic mass is 127. The zero-order chi connectivity index (χ0) is 14.8. The van der Waals surface area contributed by atoms with Crippen LogP contribution in [-0.2, 0) is 0 Å². The molecule has 0 radical (unpaired) electrons. The lowest BCUT2D eigenvalue weighted by molar-refractivity contribution is 0.415. The number of benzene rings is 1. The number of nitrogens with one attached hydrogen (secondary N) is 1. The van der Waals surface area contributed by atoms with E-state index >= 15 is 0 Å². The first-order valence-electron chi connectivity index (χ1n) is 7.18. The van der Waals surface area contributed by atoms with Gasteiger partial charge in [-0.15, -0.1) is 0 Å². The van der Waals surface area contributed by atoms with Crippen LogP contribution < -0.4 is 10.1 Å². The van der Waals surface area contributed by atoms with Crippen LogP contribution in [0.3, 0.4) is 0 Å². The Hall–Kier alpha value is -1.37. The Morgan fingerprint density at radius 3 is 2.81 bits per heavy atom. The monoisotopic (exact) mass is 395 g/mol. The van der Waals surface area contributed by atoms with Crippen molar-refractivity contribution in [2.75, 3.05) is 19.0 Å². The molecule has 5 heteroatoms. The van der Waals surface area contributed by atoms with Crippen molar-refractivity contribution in [2.24, 2.45) is 0 Å². The number of ether oxygens (including phenoxy) is 1. The van der Waals surface area contributed by atoms with E-state index in [0.717, 1.165) is 33.1 Å². The zero-order valence-corrected chi connectivity index (χ0v) is 14.3. The van der Waals surface area contributed by atoms with Gasteiger partial charge < -0.3 is 10.1 Å². The third-order valence-corrected chi connectivity index (χ3v) is 4.58. The number of aromatic nitrogens is 2. The number of hydrogen-bond acceptors (Lipinski definition) is 4. The molecule has 0 saturated heterocycles. The van der Waals surface area contributed by atoms with Gasteiger partial charge in [-0.05, 0) is 54.5 Å². The Morgan fingerprint density at radius 2 is 2.14 bits per heavy atom. The fourth-order valence-corrected chi connectivity index (χ4v) is 3.14. The van der Waals surface area contributed by atoms with Gasteiger partial charge in [-0.25, -0.2) is 9.97 Å². The molecular formula is C16H18IN3O. The molecule has 0 aliphatic heterocycles. The third kappa shape index (κ3) is 3.12. The largest absolute Gasteiger partial charge is 0.497 e. The molecule has 110 valence electrons. The van der Waals surface area contributed by atoms with Crippen LogP contribution in [0.4, 0.5) is 5.82 Å². The van der Waals surface area contributed by atoms with Gasteiger partial charge >= 0.3 is 0 Å². The van der Waals surface area contributed by atoms with Crippen LogP contribution in [0.1, 0.15) is 31.4 Å². The minimum Gasteiger partial charge on any atom is -0.497 e. The maximum atomic E-state index is 5.30. The molecule has 2 aromatic rings. The molecule has 0 unspecified atom stereocenters. The van der Waals surface area contributed by atoms with E-state index in [1.165, 1.54) is 18.5 Å². The fraction of sp³-hybridized carbons (Fsp3) is 0.375. The number of hydrogen-bond donors (Lipinski definition) is 1. The summed E-state index contributed by atoms with van der Waals surface area (Å²) in [6, 6.07) is 7.91. The van der Waals surface area contributed by atoms with Gasteiger partial charge in [0.05, 0.1) is 16.4 Å². The lowest BCUT2D eigenvalue weighted by atomic mass is 10.2. The van der Waals surface area contributed by atoms with E-state index in [9.17, 15) is 0 Å². The molecule has 1 aromatic heterocycles. The second-order valence-electron chi connectivity index (χ2n) is 5.13. The Balaban J connectivity index is 2.08. The van der Waals surface area contributed by atoms with E-state index in [4.69, 9.17) is 14.7 Å². The van der Waals surface area contributed by atoms with E-state index in [2.05, 4.69) is 34.8 Å². The van der Waals surface area contributed by atoms with Crippen LogP contribution in [0, 0.1) is 3.57 Å². The minimum atomic E-state index is 0.599. The van der Waals surface area contributed by atoms with Crippen molar-refractivity contribution in [2.45, 2.75) is 25.7 Å². The molecule has 1 saturated carbocycles. The van der Waals surface area contributed by atoms with Crippen LogP contribution in [0.2, 0.25) is 0 Å². The number of anilines is 1. The molecule has 0 atom stereocenters. The van der Waals surface area contributed by atoms with Crippen molar-refractivity contribution >= 4 is 28.4 Å². The summed E-state index contributed by atoms with van der Waals surface area (Å²) >= 11 is 2.36. The van der Waals surface area contributed by atoms with E-state index < -0.39 is 0 Å². The van der Waals surface area contributed by atoms with Crippen molar-refractivity contribution in [3.05, 3.63) is 33.5 Å². The SMILES string of the molecule is CCNc1nc(-c2cccc(OC)c2)nc(C2CC2)c1I. The number of rotatable bonds is 5. The normalized spacial score (nSPS) is 14.0. The van der Waals surface area contributed by atoms with Gasteiger partial charge in [-0.2, -0.15) is 0 Å². The summed E-state index contributed by atoms with van der Waals surface area (Å²) in [4.78, 5) is 9.50. The highest BCUT2D eigenvalue weighted by Crippen LogP contribution is 2.43.